The SMILES string of the molecule is CCNCc1cc(C)c(OCC2CCC(C)O2)c(C)c1. The Labute approximate surface area is 122 Å². The third kappa shape index (κ3) is 3.97. The van der Waals surface area contributed by atoms with E-state index in [9.17, 15) is 0 Å². The lowest BCUT2D eigenvalue weighted by molar-refractivity contribution is 0.0262. The van der Waals surface area contributed by atoms with Crippen LogP contribution < -0.4 is 10.1 Å². The Bertz CT molecular complexity index is 422. The van der Waals surface area contributed by atoms with Crippen LogP contribution in [0.1, 0.15) is 43.4 Å². The van der Waals surface area contributed by atoms with Gasteiger partial charge < -0.3 is 14.8 Å². The summed E-state index contributed by atoms with van der Waals surface area (Å²) in [6.45, 7) is 11.1. The van der Waals surface area contributed by atoms with Gasteiger partial charge in [-0.2, -0.15) is 0 Å². The molecule has 2 unspecified atom stereocenters. The second kappa shape index (κ2) is 7.09. The van der Waals surface area contributed by atoms with Gasteiger partial charge in [-0.25, -0.2) is 0 Å². The minimum absolute atomic E-state index is 0.255. The van der Waals surface area contributed by atoms with Crippen molar-refractivity contribution in [1.82, 2.24) is 5.32 Å². The first-order valence-electron chi connectivity index (χ1n) is 7.69. The number of aryl methyl sites for hydroxylation is 2. The van der Waals surface area contributed by atoms with E-state index in [2.05, 4.69) is 45.1 Å². The van der Waals surface area contributed by atoms with Crippen LogP contribution in [-0.4, -0.2) is 25.4 Å². The Morgan fingerprint density at radius 3 is 2.50 bits per heavy atom. The molecule has 0 saturated carbocycles. The number of rotatable bonds is 6. The normalized spacial score (nSPS) is 22.2. The van der Waals surface area contributed by atoms with Crippen molar-refractivity contribution < 1.29 is 9.47 Å². The van der Waals surface area contributed by atoms with Crippen molar-refractivity contribution in [2.75, 3.05) is 13.2 Å². The molecule has 3 nitrogen and oxygen atoms in total. The molecule has 0 bridgehead atoms. The fraction of sp³-hybridized carbons (Fsp3) is 0.647. The van der Waals surface area contributed by atoms with Gasteiger partial charge in [-0.1, -0.05) is 19.1 Å². The van der Waals surface area contributed by atoms with Crippen LogP contribution in [0, 0.1) is 13.8 Å². The van der Waals surface area contributed by atoms with Gasteiger partial charge in [0.25, 0.3) is 0 Å². The molecule has 1 aromatic rings. The van der Waals surface area contributed by atoms with Crippen molar-refractivity contribution >= 4 is 0 Å². The highest BCUT2D eigenvalue weighted by molar-refractivity contribution is 5.43. The van der Waals surface area contributed by atoms with Crippen LogP contribution in [0.25, 0.3) is 0 Å². The minimum Gasteiger partial charge on any atom is -0.490 e. The molecule has 0 amide bonds. The Morgan fingerprint density at radius 2 is 1.95 bits per heavy atom. The van der Waals surface area contributed by atoms with Gasteiger partial charge in [0, 0.05) is 6.54 Å². The smallest absolute Gasteiger partial charge is 0.125 e. The number of hydrogen-bond acceptors (Lipinski definition) is 3. The maximum absolute atomic E-state index is 6.01. The summed E-state index contributed by atoms with van der Waals surface area (Å²) < 4.78 is 11.8. The molecule has 0 aliphatic carbocycles. The average Bonchev–Trinajstić information content (AvgIpc) is 2.81. The van der Waals surface area contributed by atoms with Crippen LogP contribution in [-0.2, 0) is 11.3 Å². The van der Waals surface area contributed by atoms with E-state index in [4.69, 9.17) is 9.47 Å². The molecule has 1 aromatic carbocycles. The highest BCUT2D eigenvalue weighted by Crippen LogP contribution is 2.27. The van der Waals surface area contributed by atoms with E-state index in [-0.39, 0.29) is 6.10 Å². The lowest BCUT2D eigenvalue weighted by Gasteiger charge is -2.17. The van der Waals surface area contributed by atoms with E-state index in [1.807, 2.05) is 0 Å². The van der Waals surface area contributed by atoms with Gasteiger partial charge in [-0.05, 0) is 56.8 Å². The average molecular weight is 277 g/mol. The van der Waals surface area contributed by atoms with Gasteiger partial charge in [0.15, 0.2) is 0 Å². The third-order valence-corrected chi connectivity index (χ3v) is 3.83. The second-order valence-electron chi connectivity index (χ2n) is 5.80. The summed E-state index contributed by atoms with van der Waals surface area (Å²) in [5, 5.41) is 3.36. The molecule has 20 heavy (non-hydrogen) atoms. The fourth-order valence-corrected chi connectivity index (χ4v) is 2.82. The number of hydrogen-bond donors (Lipinski definition) is 1. The Kier molecular flexibility index (Phi) is 5.44. The number of nitrogens with one attached hydrogen (secondary N) is 1. The summed E-state index contributed by atoms with van der Waals surface area (Å²) in [6, 6.07) is 4.42. The molecule has 1 aliphatic rings. The molecule has 2 atom stereocenters. The molecule has 0 radical (unpaired) electrons. The topological polar surface area (TPSA) is 30.5 Å². The van der Waals surface area contributed by atoms with E-state index in [0.717, 1.165) is 31.7 Å². The van der Waals surface area contributed by atoms with Gasteiger partial charge in [0.1, 0.15) is 12.4 Å². The second-order valence-corrected chi connectivity index (χ2v) is 5.80. The minimum atomic E-state index is 0.255. The quantitative estimate of drug-likeness (QED) is 0.865. The van der Waals surface area contributed by atoms with Gasteiger partial charge in [-0.3, -0.25) is 0 Å². The van der Waals surface area contributed by atoms with Crippen molar-refractivity contribution in [1.29, 1.82) is 0 Å². The molecule has 3 heteroatoms. The Morgan fingerprint density at radius 1 is 1.25 bits per heavy atom. The van der Waals surface area contributed by atoms with Gasteiger partial charge in [0.2, 0.25) is 0 Å². The first kappa shape index (κ1) is 15.3. The third-order valence-electron chi connectivity index (χ3n) is 3.83. The van der Waals surface area contributed by atoms with Crippen LogP contribution in [0.4, 0.5) is 0 Å². The zero-order chi connectivity index (χ0) is 14.5. The predicted octanol–water partition coefficient (Wildman–Crippen LogP) is 3.36. The first-order chi connectivity index (χ1) is 9.60. The molecule has 0 spiro atoms. The van der Waals surface area contributed by atoms with E-state index in [1.54, 1.807) is 0 Å². The van der Waals surface area contributed by atoms with Gasteiger partial charge in [-0.15, -0.1) is 0 Å². The highest BCUT2D eigenvalue weighted by Gasteiger charge is 2.22. The number of benzene rings is 1. The van der Waals surface area contributed by atoms with E-state index >= 15 is 0 Å². The van der Waals surface area contributed by atoms with Crippen molar-refractivity contribution in [3.05, 3.63) is 28.8 Å². The van der Waals surface area contributed by atoms with Gasteiger partial charge >= 0.3 is 0 Å². The summed E-state index contributed by atoms with van der Waals surface area (Å²) in [6.07, 6.45) is 2.89. The highest BCUT2D eigenvalue weighted by atomic mass is 16.5. The number of ether oxygens (including phenoxy) is 2. The molecule has 1 fully saturated rings. The van der Waals surface area contributed by atoms with E-state index in [0.29, 0.717) is 12.7 Å². The Balaban J connectivity index is 1.97. The summed E-state index contributed by atoms with van der Waals surface area (Å²) in [5.74, 6) is 1.02. The first-order valence-corrected chi connectivity index (χ1v) is 7.69. The van der Waals surface area contributed by atoms with Crippen molar-refractivity contribution in [2.24, 2.45) is 0 Å². The molecule has 2 rings (SSSR count). The molecule has 0 aromatic heterocycles. The lowest BCUT2D eigenvalue weighted by atomic mass is 10.1. The van der Waals surface area contributed by atoms with E-state index in [1.165, 1.54) is 16.7 Å². The molecule has 1 aliphatic heterocycles. The zero-order valence-electron chi connectivity index (χ0n) is 13.2. The zero-order valence-corrected chi connectivity index (χ0v) is 13.2. The summed E-state index contributed by atoms with van der Waals surface area (Å²) >= 11 is 0. The Hall–Kier alpha value is -1.06. The fourth-order valence-electron chi connectivity index (χ4n) is 2.82. The lowest BCUT2D eigenvalue weighted by Crippen LogP contribution is -2.18. The largest absolute Gasteiger partial charge is 0.490 e. The monoisotopic (exact) mass is 277 g/mol. The van der Waals surface area contributed by atoms with Crippen molar-refractivity contribution in [3.63, 3.8) is 0 Å². The van der Waals surface area contributed by atoms with Crippen LogP contribution in [0.15, 0.2) is 12.1 Å². The molecule has 1 saturated heterocycles. The van der Waals surface area contributed by atoms with Crippen molar-refractivity contribution in [2.45, 2.75) is 59.3 Å². The van der Waals surface area contributed by atoms with Crippen LogP contribution in [0.2, 0.25) is 0 Å². The molecule has 1 heterocycles. The summed E-state index contributed by atoms with van der Waals surface area (Å²) in [5.41, 5.74) is 3.74. The van der Waals surface area contributed by atoms with Crippen LogP contribution in [0.5, 0.6) is 5.75 Å². The predicted molar refractivity (Wildman–Crippen MR) is 82.4 cm³/mol. The molecular formula is C17H27NO2. The summed E-state index contributed by atoms with van der Waals surface area (Å²) in [7, 11) is 0. The van der Waals surface area contributed by atoms with Crippen LogP contribution >= 0.6 is 0 Å². The maximum Gasteiger partial charge on any atom is 0.125 e. The van der Waals surface area contributed by atoms with E-state index < -0.39 is 0 Å². The molecule has 112 valence electrons. The molecule has 1 N–H and O–H groups in total. The van der Waals surface area contributed by atoms with Crippen molar-refractivity contribution in [3.8, 4) is 5.75 Å². The van der Waals surface area contributed by atoms with Gasteiger partial charge in [0.05, 0.1) is 12.2 Å². The molecular weight excluding hydrogens is 250 g/mol. The standard InChI is InChI=1S/C17H27NO2/c1-5-18-10-15-8-12(2)17(13(3)9-15)19-11-16-7-6-14(4)20-16/h8-9,14,16,18H,5-7,10-11H2,1-4H3. The summed E-state index contributed by atoms with van der Waals surface area (Å²) in [4.78, 5) is 0. The maximum atomic E-state index is 6.01. The van der Waals surface area contributed by atoms with Crippen LogP contribution in [0.3, 0.4) is 0 Å².